The van der Waals surface area contributed by atoms with Gasteiger partial charge in [-0.05, 0) is 0 Å². The van der Waals surface area contributed by atoms with Gasteiger partial charge in [-0.15, -0.1) is 12.4 Å². The second-order valence-electron chi connectivity index (χ2n) is 4.15. The number of amides is 1. The number of rotatable bonds is 1. The maximum absolute atomic E-state index is 11.6. The van der Waals surface area contributed by atoms with Gasteiger partial charge < -0.3 is 10.2 Å². The molecule has 7 heteroatoms. The van der Waals surface area contributed by atoms with E-state index in [1.165, 1.54) is 0 Å². The number of halogens is 1. The summed E-state index contributed by atoms with van der Waals surface area (Å²) in [6.45, 7) is 3.13. The second kappa shape index (κ2) is 4.89. The summed E-state index contributed by atoms with van der Waals surface area (Å²) < 4.78 is 23.0. The molecule has 1 amide bonds. The minimum Gasteiger partial charge on any atom is -0.336 e. The molecule has 0 aromatic carbocycles. The van der Waals surface area contributed by atoms with Crippen LogP contribution in [0.3, 0.4) is 0 Å². The zero-order valence-corrected chi connectivity index (χ0v) is 10.8. The summed E-state index contributed by atoms with van der Waals surface area (Å²) in [7, 11) is -2.96. The quantitative estimate of drug-likeness (QED) is 0.691. The average Bonchev–Trinajstić information content (AvgIpc) is 2.49. The molecule has 2 atom stereocenters. The summed E-state index contributed by atoms with van der Waals surface area (Å²) in [5, 5.41) is 3.17. The second-order valence-corrected chi connectivity index (χ2v) is 6.30. The van der Waals surface area contributed by atoms with Crippen LogP contribution in [-0.2, 0) is 14.6 Å². The molecule has 0 aliphatic carbocycles. The number of carbonyl (C=O) groups excluding carboxylic acids is 1. The van der Waals surface area contributed by atoms with Gasteiger partial charge in [0, 0.05) is 25.6 Å². The van der Waals surface area contributed by atoms with Crippen LogP contribution in [0.15, 0.2) is 0 Å². The first-order valence-electron chi connectivity index (χ1n) is 5.27. The van der Waals surface area contributed by atoms with Crippen LogP contribution in [0.4, 0.5) is 0 Å². The van der Waals surface area contributed by atoms with Crippen molar-refractivity contribution >= 4 is 28.2 Å². The van der Waals surface area contributed by atoms with Crippen molar-refractivity contribution in [3.63, 3.8) is 0 Å². The molecule has 5 nitrogen and oxygen atoms in total. The summed E-state index contributed by atoms with van der Waals surface area (Å²) in [6.07, 6.45) is 0.448. The molecule has 1 N–H and O–H groups in total. The van der Waals surface area contributed by atoms with Gasteiger partial charge >= 0.3 is 0 Å². The maximum Gasteiger partial charge on any atom is 0.222 e. The van der Waals surface area contributed by atoms with Gasteiger partial charge in [-0.25, -0.2) is 8.42 Å². The summed E-state index contributed by atoms with van der Waals surface area (Å²) in [4.78, 5) is 13.4. The molecule has 0 aromatic heterocycles. The zero-order chi connectivity index (χ0) is 11.1. The Labute approximate surface area is 102 Å². The molecule has 2 aliphatic heterocycles. The number of fused-ring (bicyclic) bond motifs is 1. The summed E-state index contributed by atoms with van der Waals surface area (Å²) in [5.74, 6) is 0.352. The molecule has 2 fully saturated rings. The van der Waals surface area contributed by atoms with E-state index in [2.05, 4.69) is 5.32 Å². The SMILES string of the molecule is CCC(=O)N1CCN[C@H]2CS(=O)(=O)C[C@H]21.Cl. The highest BCUT2D eigenvalue weighted by atomic mass is 35.5. The molecule has 0 spiro atoms. The maximum atomic E-state index is 11.6. The highest BCUT2D eigenvalue weighted by Gasteiger charge is 2.43. The molecular formula is C9H17ClN2O3S. The number of sulfone groups is 1. The number of hydrogen-bond donors (Lipinski definition) is 1. The number of carbonyl (C=O) groups is 1. The normalized spacial score (nSPS) is 31.7. The number of nitrogens with zero attached hydrogens (tertiary/aromatic N) is 1. The Balaban J connectivity index is 0.00000128. The predicted molar refractivity (Wildman–Crippen MR) is 63.5 cm³/mol. The van der Waals surface area contributed by atoms with E-state index in [1.807, 2.05) is 6.92 Å². The van der Waals surface area contributed by atoms with Crippen molar-refractivity contribution in [1.29, 1.82) is 0 Å². The largest absolute Gasteiger partial charge is 0.336 e. The summed E-state index contributed by atoms with van der Waals surface area (Å²) in [5.41, 5.74) is 0. The molecule has 0 bridgehead atoms. The molecule has 0 saturated carbocycles. The lowest BCUT2D eigenvalue weighted by atomic mass is 10.1. The summed E-state index contributed by atoms with van der Waals surface area (Å²) >= 11 is 0. The zero-order valence-electron chi connectivity index (χ0n) is 9.18. The van der Waals surface area contributed by atoms with Crippen LogP contribution >= 0.6 is 12.4 Å². The molecule has 94 valence electrons. The van der Waals surface area contributed by atoms with Crippen molar-refractivity contribution < 1.29 is 13.2 Å². The average molecular weight is 269 g/mol. The Morgan fingerprint density at radius 3 is 2.75 bits per heavy atom. The van der Waals surface area contributed by atoms with E-state index in [9.17, 15) is 13.2 Å². The monoisotopic (exact) mass is 268 g/mol. The van der Waals surface area contributed by atoms with Crippen LogP contribution < -0.4 is 5.32 Å². The first-order chi connectivity index (χ1) is 7.03. The Morgan fingerprint density at radius 1 is 1.44 bits per heavy atom. The third-order valence-corrected chi connectivity index (χ3v) is 4.82. The standard InChI is InChI=1S/C9H16N2O3S.ClH/c1-2-9(12)11-4-3-10-7-5-15(13,14)6-8(7)11;/h7-8,10H,2-6H2,1H3;1H/t7-,8+;/m0./s1. The van der Waals surface area contributed by atoms with Crippen LogP contribution in [0, 0.1) is 0 Å². The minimum absolute atomic E-state index is 0. The molecule has 0 radical (unpaired) electrons. The number of piperazine rings is 1. The Bertz CT molecular complexity index is 371. The molecule has 2 saturated heterocycles. The molecular weight excluding hydrogens is 252 g/mol. The fourth-order valence-corrected chi connectivity index (χ4v) is 4.34. The van der Waals surface area contributed by atoms with E-state index in [-0.39, 0.29) is 41.9 Å². The highest BCUT2D eigenvalue weighted by Crippen LogP contribution is 2.21. The number of nitrogens with one attached hydrogen (secondary N) is 1. The van der Waals surface area contributed by atoms with Crippen molar-refractivity contribution in [2.75, 3.05) is 24.6 Å². The molecule has 0 aromatic rings. The Hall–Kier alpha value is -0.330. The first kappa shape index (κ1) is 13.7. The fourth-order valence-electron chi connectivity index (χ4n) is 2.38. The third kappa shape index (κ3) is 2.49. The van der Waals surface area contributed by atoms with Gasteiger partial charge in [0.15, 0.2) is 9.84 Å². The van der Waals surface area contributed by atoms with Gasteiger partial charge in [-0.1, -0.05) is 6.92 Å². The molecule has 16 heavy (non-hydrogen) atoms. The molecule has 2 rings (SSSR count). The lowest BCUT2D eigenvalue weighted by Crippen LogP contribution is -2.58. The van der Waals surface area contributed by atoms with E-state index in [4.69, 9.17) is 0 Å². The molecule has 2 aliphatic rings. The van der Waals surface area contributed by atoms with Gasteiger partial charge in [0.05, 0.1) is 17.5 Å². The number of hydrogen-bond acceptors (Lipinski definition) is 4. The fraction of sp³-hybridized carbons (Fsp3) is 0.889. The Morgan fingerprint density at radius 2 is 2.12 bits per heavy atom. The van der Waals surface area contributed by atoms with Crippen LogP contribution in [0.25, 0.3) is 0 Å². The minimum atomic E-state index is -2.96. The van der Waals surface area contributed by atoms with Gasteiger partial charge in [0.25, 0.3) is 0 Å². The first-order valence-corrected chi connectivity index (χ1v) is 7.09. The molecule has 2 heterocycles. The van der Waals surface area contributed by atoms with Crippen LogP contribution in [0.5, 0.6) is 0 Å². The lowest BCUT2D eigenvalue weighted by molar-refractivity contribution is -0.134. The predicted octanol–water partition coefficient (Wildman–Crippen LogP) is -0.584. The molecule has 0 unspecified atom stereocenters. The van der Waals surface area contributed by atoms with Crippen molar-refractivity contribution in [1.82, 2.24) is 10.2 Å². The van der Waals surface area contributed by atoms with Crippen molar-refractivity contribution in [3.8, 4) is 0 Å². The van der Waals surface area contributed by atoms with Gasteiger partial charge in [-0.2, -0.15) is 0 Å². The third-order valence-electron chi connectivity index (χ3n) is 3.11. The van der Waals surface area contributed by atoms with Crippen molar-refractivity contribution in [3.05, 3.63) is 0 Å². The van der Waals surface area contributed by atoms with Crippen molar-refractivity contribution in [2.24, 2.45) is 0 Å². The van der Waals surface area contributed by atoms with Gasteiger partial charge in [-0.3, -0.25) is 4.79 Å². The van der Waals surface area contributed by atoms with Gasteiger partial charge in [0.1, 0.15) is 0 Å². The van der Waals surface area contributed by atoms with E-state index in [1.54, 1.807) is 4.90 Å². The van der Waals surface area contributed by atoms with Crippen LogP contribution in [0.1, 0.15) is 13.3 Å². The van der Waals surface area contributed by atoms with Crippen LogP contribution in [-0.4, -0.2) is 55.9 Å². The van der Waals surface area contributed by atoms with E-state index < -0.39 is 9.84 Å². The Kier molecular flexibility index (Phi) is 4.20. The van der Waals surface area contributed by atoms with E-state index >= 15 is 0 Å². The summed E-state index contributed by atoms with van der Waals surface area (Å²) in [6, 6.07) is -0.199. The van der Waals surface area contributed by atoms with E-state index in [0.29, 0.717) is 19.5 Å². The van der Waals surface area contributed by atoms with Crippen molar-refractivity contribution in [2.45, 2.75) is 25.4 Å². The van der Waals surface area contributed by atoms with Gasteiger partial charge in [0.2, 0.25) is 5.91 Å². The van der Waals surface area contributed by atoms with E-state index in [0.717, 1.165) is 0 Å². The lowest BCUT2D eigenvalue weighted by Gasteiger charge is -2.37. The highest BCUT2D eigenvalue weighted by molar-refractivity contribution is 7.91. The topological polar surface area (TPSA) is 66.5 Å². The smallest absolute Gasteiger partial charge is 0.222 e. The van der Waals surface area contributed by atoms with Crippen LogP contribution in [0.2, 0.25) is 0 Å².